The van der Waals surface area contributed by atoms with Crippen molar-refractivity contribution in [2.24, 2.45) is 0 Å². The molecule has 2 N–H and O–H groups in total. The van der Waals surface area contributed by atoms with Crippen LogP contribution in [0.5, 0.6) is 0 Å². The second-order valence-corrected chi connectivity index (χ2v) is 6.51. The second kappa shape index (κ2) is 6.34. The molecule has 0 saturated heterocycles. The fourth-order valence-electron chi connectivity index (χ4n) is 2.23. The number of thiazole rings is 1. The Hall–Kier alpha value is -2.47. The van der Waals surface area contributed by atoms with Crippen molar-refractivity contribution < 1.29 is 9.18 Å². The maximum absolute atomic E-state index is 12.9. The summed E-state index contributed by atoms with van der Waals surface area (Å²) in [7, 11) is 0. The normalized spacial score (nSPS) is 12.1. The summed E-state index contributed by atoms with van der Waals surface area (Å²) in [4.78, 5) is 16.6. The van der Waals surface area contributed by atoms with Crippen LogP contribution < -0.4 is 10.6 Å². The minimum atomic E-state index is -0.425. The molecule has 0 fully saturated rings. The van der Waals surface area contributed by atoms with E-state index < -0.39 is 6.04 Å². The van der Waals surface area contributed by atoms with Crippen LogP contribution in [-0.2, 0) is 4.79 Å². The Morgan fingerprint density at radius 2 is 1.87 bits per heavy atom. The van der Waals surface area contributed by atoms with E-state index in [1.54, 1.807) is 18.3 Å². The van der Waals surface area contributed by atoms with Gasteiger partial charge in [-0.15, -0.1) is 11.3 Å². The van der Waals surface area contributed by atoms with Gasteiger partial charge in [-0.25, -0.2) is 9.37 Å². The first-order valence-corrected chi connectivity index (χ1v) is 8.03. The molecule has 0 spiro atoms. The van der Waals surface area contributed by atoms with Gasteiger partial charge in [0.15, 0.2) is 0 Å². The average Bonchev–Trinajstić information content (AvgIpc) is 2.88. The molecule has 23 heavy (non-hydrogen) atoms. The number of nitrogens with zero attached hydrogens (tertiary/aromatic N) is 1. The third kappa shape index (κ3) is 3.65. The molecule has 1 heterocycles. The Morgan fingerprint density at radius 3 is 2.61 bits per heavy atom. The SMILES string of the molecule is Cc1nc2ccc(N[C@@H](C)C(=O)Nc3ccc(F)cc3)cc2s1. The van der Waals surface area contributed by atoms with Gasteiger partial charge in [0, 0.05) is 11.4 Å². The van der Waals surface area contributed by atoms with E-state index in [0.29, 0.717) is 5.69 Å². The monoisotopic (exact) mass is 329 g/mol. The highest BCUT2D eigenvalue weighted by Gasteiger charge is 2.13. The van der Waals surface area contributed by atoms with Crippen LogP contribution in [0.2, 0.25) is 0 Å². The van der Waals surface area contributed by atoms with E-state index in [1.807, 2.05) is 25.1 Å². The molecule has 0 radical (unpaired) electrons. The van der Waals surface area contributed by atoms with E-state index in [0.717, 1.165) is 20.9 Å². The molecule has 0 saturated carbocycles. The lowest BCUT2D eigenvalue weighted by molar-refractivity contribution is -0.116. The molecule has 3 rings (SSSR count). The number of fused-ring (bicyclic) bond motifs is 1. The van der Waals surface area contributed by atoms with Gasteiger partial charge in [-0.05, 0) is 56.3 Å². The van der Waals surface area contributed by atoms with Gasteiger partial charge in [0.2, 0.25) is 5.91 Å². The first-order valence-electron chi connectivity index (χ1n) is 7.21. The minimum absolute atomic E-state index is 0.183. The summed E-state index contributed by atoms with van der Waals surface area (Å²) in [6.07, 6.45) is 0. The van der Waals surface area contributed by atoms with Gasteiger partial charge in [0.1, 0.15) is 11.9 Å². The molecule has 118 valence electrons. The Bertz CT molecular complexity index is 845. The smallest absolute Gasteiger partial charge is 0.246 e. The van der Waals surface area contributed by atoms with Crippen LogP contribution in [0.4, 0.5) is 15.8 Å². The summed E-state index contributed by atoms with van der Waals surface area (Å²) in [5.41, 5.74) is 2.39. The largest absolute Gasteiger partial charge is 0.374 e. The highest BCUT2D eigenvalue weighted by Crippen LogP contribution is 2.25. The van der Waals surface area contributed by atoms with Gasteiger partial charge in [0.05, 0.1) is 15.2 Å². The van der Waals surface area contributed by atoms with Crippen LogP contribution in [0.15, 0.2) is 42.5 Å². The number of carbonyl (C=O) groups is 1. The molecule has 0 aliphatic heterocycles. The van der Waals surface area contributed by atoms with Gasteiger partial charge in [0.25, 0.3) is 0 Å². The molecule has 0 aliphatic carbocycles. The Morgan fingerprint density at radius 1 is 1.17 bits per heavy atom. The summed E-state index contributed by atoms with van der Waals surface area (Å²) in [5, 5.41) is 6.93. The van der Waals surface area contributed by atoms with Crippen molar-refractivity contribution in [3.05, 3.63) is 53.3 Å². The number of anilines is 2. The number of nitrogens with one attached hydrogen (secondary N) is 2. The number of hydrogen-bond donors (Lipinski definition) is 2. The van der Waals surface area contributed by atoms with Crippen molar-refractivity contribution in [2.75, 3.05) is 10.6 Å². The molecule has 0 unspecified atom stereocenters. The molecular weight excluding hydrogens is 313 g/mol. The molecule has 2 aromatic carbocycles. The summed E-state index contributed by atoms with van der Waals surface area (Å²) >= 11 is 1.62. The maximum Gasteiger partial charge on any atom is 0.246 e. The molecule has 1 atom stereocenters. The highest BCUT2D eigenvalue weighted by molar-refractivity contribution is 7.18. The van der Waals surface area contributed by atoms with Crippen molar-refractivity contribution in [1.29, 1.82) is 0 Å². The standard InChI is InChI=1S/C17H16FN3OS/c1-10(17(22)21-13-5-3-12(18)4-6-13)19-14-7-8-15-16(9-14)23-11(2)20-15/h3-10,19H,1-2H3,(H,21,22)/t10-/m0/s1. The van der Waals surface area contributed by atoms with Crippen LogP contribution in [0.25, 0.3) is 10.2 Å². The Labute approximate surface area is 137 Å². The van der Waals surface area contributed by atoms with Crippen LogP contribution in [0.1, 0.15) is 11.9 Å². The lowest BCUT2D eigenvalue weighted by Gasteiger charge is -2.15. The Balaban J connectivity index is 1.67. The van der Waals surface area contributed by atoms with Crippen LogP contribution in [0.3, 0.4) is 0 Å². The number of hydrogen-bond acceptors (Lipinski definition) is 4. The average molecular weight is 329 g/mol. The first-order chi connectivity index (χ1) is 11.0. The number of rotatable bonds is 4. The van der Waals surface area contributed by atoms with Gasteiger partial charge >= 0.3 is 0 Å². The molecule has 1 amide bonds. The number of amides is 1. The van der Waals surface area contributed by atoms with Crippen molar-refractivity contribution in [3.8, 4) is 0 Å². The fraction of sp³-hybridized carbons (Fsp3) is 0.176. The molecule has 0 bridgehead atoms. The predicted molar refractivity (Wildman–Crippen MR) is 92.5 cm³/mol. The number of aryl methyl sites for hydroxylation is 1. The zero-order valence-electron chi connectivity index (χ0n) is 12.8. The number of halogens is 1. The highest BCUT2D eigenvalue weighted by atomic mass is 32.1. The van der Waals surface area contributed by atoms with Crippen molar-refractivity contribution in [1.82, 2.24) is 4.98 Å². The van der Waals surface area contributed by atoms with E-state index in [9.17, 15) is 9.18 Å². The Kier molecular flexibility index (Phi) is 4.25. The van der Waals surface area contributed by atoms with E-state index in [4.69, 9.17) is 0 Å². The van der Waals surface area contributed by atoms with Crippen LogP contribution in [-0.4, -0.2) is 16.9 Å². The van der Waals surface area contributed by atoms with Gasteiger partial charge < -0.3 is 10.6 Å². The molecule has 0 aliphatic rings. The zero-order valence-corrected chi connectivity index (χ0v) is 13.6. The lowest BCUT2D eigenvalue weighted by atomic mass is 10.2. The second-order valence-electron chi connectivity index (χ2n) is 5.28. The number of carbonyl (C=O) groups excluding carboxylic acids is 1. The van der Waals surface area contributed by atoms with E-state index >= 15 is 0 Å². The van der Waals surface area contributed by atoms with Crippen LogP contribution in [0, 0.1) is 12.7 Å². The zero-order chi connectivity index (χ0) is 16.4. The third-order valence-electron chi connectivity index (χ3n) is 3.38. The summed E-state index contributed by atoms with van der Waals surface area (Å²) in [6, 6.07) is 11.1. The number of aromatic nitrogens is 1. The maximum atomic E-state index is 12.9. The van der Waals surface area contributed by atoms with Gasteiger partial charge in [-0.1, -0.05) is 0 Å². The molecule has 4 nitrogen and oxygen atoms in total. The molecule has 1 aromatic heterocycles. The van der Waals surface area contributed by atoms with Gasteiger partial charge in [-0.2, -0.15) is 0 Å². The van der Waals surface area contributed by atoms with Gasteiger partial charge in [-0.3, -0.25) is 4.79 Å². The minimum Gasteiger partial charge on any atom is -0.374 e. The number of benzene rings is 2. The fourth-order valence-corrected chi connectivity index (χ4v) is 3.10. The van der Waals surface area contributed by atoms with E-state index in [-0.39, 0.29) is 11.7 Å². The molecule has 6 heteroatoms. The first kappa shape index (κ1) is 15.4. The predicted octanol–water partition coefficient (Wildman–Crippen LogP) is 4.18. The summed E-state index contributed by atoms with van der Waals surface area (Å²) in [5.74, 6) is -0.514. The molecule has 3 aromatic rings. The third-order valence-corrected chi connectivity index (χ3v) is 4.32. The molecular formula is C17H16FN3OS. The topological polar surface area (TPSA) is 54.0 Å². The van der Waals surface area contributed by atoms with Crippen molar-refractivity contribution >= 4 is 38.8 Å². The van der Waals surface area contributed by atoms with Crippen molar-refractivity contribution in [2.45, 2.75) is 19.9 Å². The van der Waals surface area contributed by atoms with E-state index in [2.05, 4.69) is 15.6 Å². The quantitative estimate of drug-likeness (QED) is 0.755. The van der Waals surface area contributed by atoms with E-state index in [1.165, 1.54) is 24.3 Å². The van der Waals surface area contributed by atoms with Crippen molar-refractivity contribution in [3.63, 3.8) is 0 Å². The summed E-state index contributed by atoms with van der Waals surface area (Å²) in [6.45, 7) is 3.75. The van der Waals surface area contributed by atoms with Crippen LogP contribution >= 0.6 is 11.3 Å². The summed E-state index contributed by atoms with van der Waals surface area (Å²) < 4.78 is 14.0. The lowest BCUT2D eigenvalue weighted by Crippen LogP contribution is -2.31.